The van der Waals surface area contributed by atoms with Gasteiger partial charge in [-0.3, -0.25) is 0 Å². The first-order valence-corrected chi connectivity index (χ1v) is 2.53. The van der Waals surface area contributed by atoms with Gasteiger partial charge in [-0.05, 0) is 0 Å². The molecule has 0 aliphatic heterocycles. The second kappa shape index (κ2) is 4.57. The van der Waals surface area contributed by atoms with Crippen molar-refractivity contribution in [3.63, 3.8) is 0 Å². The number of hydrogen-bond donors (Lipinski definition) is 3. The molecule has 0 unspecified atom stereocenters. The van der Waals surface area contributed by atoms with Crippen molar-refractivity contribution >= 4 is 7.82 Å². The van der Waals surface area contributed by atoms with Crippen molar-refractivity contribution in [3.05, 3.63) is 0 Å². The van der Waals surface area contributed by atoms with Crippen LogP contribution in [0.15, 0.2) is 0 Å². The Bertz CT molecular complexity index is 80.1. The van der Waals surface area contributed by atoms with Gasteiger partial charge in [0.05, 0.1) is 0 Å². The summed E-state index contributed by atoms with van der Waals surface area (Å²) < 4.78 is 12.5. The predicted octanol–water partition coefficient (Wildman–Crippen LogP) is -3.91. The van der Waals surface area contributed by atoms with Gasteiger partial charge in [-0.1, -0.05) is 0 Å². The molecular weight excluding hydrogens is 148 g/mol. The zero-order valence-corrected chi connectivity index (χ0v) is 7.75. The van der Waals surface area contributed by atoms with Crippen molar-refractivity contribution in [1.82, 2.24) is 0 Å². The quantitative estimate of drug-likeness (QED) is 0.203. The summed E-state index contributed by atoms with van der Waals surface area (Å²) in [5, 5.41) is 0. The molecule has 0 saturated heterocycles. The third kappa shape index (κ3) is 11.3. The molecule has 0 radical (unpaired) electrons. The fourth-order valence-corrected chi connectivity index (χ4v) is 0. The van der Waals surface area contributed by atoms with E-state index in [1.807, 2.05) is 0 Å². The van der Waals surface area contributed by atoms with Crippen LogP contribution in [0, 0.1) is 0 Å². The van der Waals surface area contributed by atoms with Gasteiger partial charge in [-0.25, -0.2) is 15.1 Å². The number of nitrogens with two attached hydrogens (primary N) is 1. The molecule has 0 amide bonds. The van der Waals surface area contributed by atoms with E-state index >= 15 is 0 Å². The molecule has 5 nitrogen and oxygen atoms in total. The van der Waals surface area contributed by atoms with Crippen LogP contribution in [0.25, 0.3) is 0 Å². The Morgan fingerprint density at radius 3 is 1.86 bits per heavy atom. The Hall–Kier alpha value is 1.71. The molecule has 40 valence electrons. The average molecular weight is 153 g/mol. The smallest absolute Gasteiger partial charge is 1.00 e. The van der Waals surface area contributed by atoms with Gasteiger partial charge in [-0.2, -0.15) is 0 Å². The van der Waals surface area contributed by atoms with Crippen LogP contribution in [-0.4, -0.2) is 9.79 Å². The molecule has 0 saturated carbocycles. The van der Waals surface area contributed by atoms with Gasteiger partial charge in [-0.15, -0.1) is 0 Å². The van der Waals surface area contributed by atoms with Gasteiger partial charge in [0.1, 0.15) is 0 Å². The van der Waals surface area contributed by atoms with E-state index in [1.54, 1.807) is 0 Å². The van der Waals surface area contributed by atoms with Crippen molar-refractivity contribution in [1.29, 1.82) is 0 Å². The summed E-state index contributed by atoms with van der Waals surface area (Å²) in [6.07, 6.45) is 0. The molecule has 0 aromatic rings. The molecule has 0 heterocycles. The summed E-state index contributed by atoms with van der Waals surface area (Å²) in [4.78, 5) is 15.2. The molecule has 0 aliphatic carbocycles. The molecule has 7 heteroatoms. The Morgan fingerprint density at radius 2 is 1.86 bits per heavy atom. The Morgan fingerprint density at radius 1 is 1.71 bits per heavy atom. The van der Waals surface area contributed by atoms with E-state index in [4.69, 9.17) is 9.79 Å². The molecule has 0 spiro atoms. The summed E-state index contributed by atoms with van der Waals surface area (Å²) in [6, 6.07) is 0. The summed E-state index contributed by atoms with van der Waals surface area (Å²) in [5.41, 5.74) is 0. The van der Waals surface area contributed by atoms with Gasteiger partial charge in [0.15, 0.2) is 0 Å². The zero-order chi connectivity index (χ0) is 5.21. The van der Waals surface area contributed by atoms with Crippen LogP contribution >= 0.6 is 7.82 Å². The monoisotopic (exact) mass is 153 g/mol. The first kappa shape index (κ1) is 11.5. The minimum atomic E-state index is -4.37. The van der Waals surface area contributed by atoms with Crippen LogP contribution in [0.2, 0.25) is 0 Å². The van der Waals surface area contributed by atoms with Crippen molar-refractivity contribution < 1.29 is 71.8 Å². The SMILES string of the molecule is NOP(=O)(O)O.[H-].[K+]. The van der Waals surface area contributed by atoms with E-state index in [0.717, 1.165) is 0 Å². The first-order chi connectivity index (χ1) is 2.56. The van der Waals surface area contributed by atoms with Crippen LogP contribution < -0.4 is 57.3 Å². The predicted molar refractivity (Wildman–Crippen MR) is 18.4 cm³/mol. The van der Waals surface area contributed by atoms with Crippen LogP contribution in [0.1, 0.15) is 1.43 Å². The summed E-state index contributed by atoms with van der Waals surface area (Å²) in [6.45, 7) is 0. The summed E-state index contributed by atoms with van der Waals surface area (Å²) in [7, 11) is -4.37. The fraction of sp³-hybridized carbons (Fsp3) is 0. The minimum absolute atomic E-state index is 0. The number of rotatable bonds is 1. The Kier molecular flexibility index (Phi) is 7.51. The van der Waals surface area contributed by atoms with Gasteiger partial charge < -0.3 is 11.2 Å². The van der Waals surface area contributed by atoms with Crippen molar-refractivity contribution in [2.24, 2.45) is 5.90 Å². The average Bonchev–Trinajstić information content (AvgIpc) is 1.35. The van der Waals surface area contributed by atoms with Crippen molar-refractivity contribution in [2.75, 3.05) is 0 Å². The topological polar surface area (TPSA) is 92.8 Å². The van der Waals surface area contributed by atoms with E-state index in [-0.39, 0.29) is 52.8 Å². The second-order valence-corrected chi connectivity index (χ2v) is 1.79. The molecular formula is H5KNO4P. The molecule has 0 aliphatic rings. The van der Waals surface area contributed by atoms with E-state index < -0.39 is 7.82 Å². The van der Waals surface area contributed by atoms with E-state index in [9.17, 15) is 4.57 Å². The molecule has 0 fully saturated rings. The van der Waals surface area contributed by atoms with Crippen LogP contribution in [0.4, 0.5) is 0 Å². The maximum Gasteiger partial charge on any atom is 1.00 e. The zero-order valence-electron chi connectivity index (χ0n) is 4.74. The third-order valence-electron chi connectivity index (χ3n) is 0.137. The Balaban J connectivity index is -0.000000125. The number of phosphoric acid groups is 1. The summed E-state index contributed by atoms with van der Waals surface area (Å²) in [5.74, 6) is 4.04. The van der Waals surface area contributed by atoms with Gasteiger partial charge in [0.25, 0.3) is 0 Å². The molecule has 0 aromatic carbocycles. The molecule has 7 heavy (non-hydrogen) atoms. The van der Waals surface area contributed by atoms with E-state index in [2.05, 4.69) is 10.5 Å². The fourth-order valence-electron chi connectivity index (χ4n) is 0. The van der Waals surface area contributed by atoms with Crippen molar-refractivity contribution in [2.45, 2.75) is 0 Å². The van der Waals surface area contributed by atoms with E-state index in [0.29, 0.717) is 0 Å². The first-order valence-electron chi connectivity index (χ1n) is 1.00. The normalized spacial score (nSPS) is 10.1. The van der Waals surface area contributed by atoms with Crippen LogP contribution in [0.3, 0.4) is 0 Å². The maximum atomic E-state index is 9.35. The standard InChI is InChI=1S/K.H4NO4P.H/c;1-5-6(2,3)4;/h;1H2,(H2,2,3,4);/q+1;;-1. The molecule has 0 atom stereocenters. The van der Waals surface area contributed by atoms with E-state index in [1.165, 1.54) is 0 Å². The van der Waals surface area contributed by atoms with Gasteiger partial charge in [0.2, 0.25) is 0 Å². The number of hydrogen-bond acceptors (Lipinski definition) is 3. The summed E-state index contributed by atoms with van der Waals surface area (Å²) >= 11 is 0. The molecule has 0 rings (SSSR count). The van der Waals surface area contributed by atoms with Gasteiger partial charge in [0, 0.05) is 0 Å². The van der Waals surface area contributed by atoms with Gasteiger partial charge >= 0.3 is 59.2 Å². The van der Waals surface area contributed by atoms with Crippen LogP contribution in [0.5, 0.6) is 0 Å². The second-order valence-electron chi connectivity index (χ2n) is 0.596. The molecule has 0 aromatic heterocycles. The maximum absolute atomic E-state index is 9.35. The Labute approximate surface area is 84.3 Å². The van der Waals surface area contributed by atoms with Crippen molar-refractivity contribution in [3.8, 4) is 0 Å². The minimum Gasteiger partial charge on any atom is -1.00 e. The third-order valence-corrected chi connectivity index (χ3v) is 0.412. The molecule has 0 bridgehead atoms. The largest absolute Gasteiger partial charge is 1.00 e. The molecule has 4 N–H and O–H groups in total. The van der Waals surface area contributed by atoms with Crippen LogP contribution in [-0.2, 0) is 9.19 Å².